The lowest BCUT2D eigenvalue weighted by molar-refractivity contribution is -0.127. The van der Waals surface area contributed by atoms with Crippen LogP contribution in [0.5, 0.6) is 0 Å². The molecule has 4 atom stereocenters. The van der Waals surface area contributed by atoms with Crippen molar-refractivity contribution < 1.29 is 27.3 Å². The highest BCUT2D eigenvalue weighted by atomic mass is 31.2. The Kier molecular flexibility index (Phi) is 6.18. The third-order valence-corrected chi connectivity index (χ3v) is 11.2. The number of hydrogen-bond acceptors (Lipinski definition) is 6. The van der Waals surface area contributed by atoms with Crippen molar-refractivity contribution in [3.05, 3.63) is 0 Å². The first-order valence-electron chi connectivity index (χ1n) is 8.14. The van der Waals surface area contributed by atoms with Crippen LogP contribution >= 0.6 is 16.4 Å². The molecule has 2 aliphatic heterocycles. The minimum atomic E-state index is -3.02. The molecule has 2 unspecified atom stereocenters. The van der Waals surface area contributed by atoms with Gasteiger partial charge in [0.05, 0.1) is 19.3 Å². The van der Waals surface area contributed by atoms with Crippen molar-refractivity contribution in [1.82, 2.24) is 0 Å². The van der Waals surface area contributed by atoms with Gasteiger partial charge in [0.25, 0.3) is 0 Å². The largest absolute Gasteiger partial charge is 0.409 e. The van der Waals surface area contributed by atoms with Gasteiger partial charge in [-0.1, -0.05) is 20.8 Å². The van der Waals surface area contributed by atoms with Crippen molar-refractivity contribution in [2.75, 3.05) is 26.5 Å². The fourth-order valence-electron chi connectivity index (χ4n) is 2.59. The Morgan fingerprint density at radius 3 is 2.29 bits per heavy atom. The molecule has 2 fully saturated rings. The monoisotopic (exact) mass is 394 g/mol. The Morgan fingerprint density at radius 1 is 1.29 bits per heavy atom. The Labute approximate surface area is 149 Å². The van der Waals surface area contributed by atoms with E-state index in [0.29, 0.717) is 0 Å². The lowest BCUT2D eigenvalue weighted by atomic mass is 9.90. The molecule has 0 N–H and O–H groups in total. The minimum Gasteiger partial charge on any atom is -0.409 e. The van der Waals surface area contributed by atoms with Crippen LogP contribution in [0.15, 0.2) is 0 Å². The normalized spacial score (nSPS) is 41.5. The highest BCUT2D eigenvalue weighted by molar-refractivity contribution is 7.53. The van der Waals surface area contributed by atoms with Gasteiger partial charge in [0, 0.05) is 21.5 Å². The smallest absolute Gasteiger partial charge is 0.327 e. The van der Waals surface area contributed by atoms with Crippen LogP contribution in [-0.2, 0) is 27.3 Å². The van der Waals surface area contributed by atoms with E-state index in [1.807, 2.05) is 6.66 Å². The van der Waals surface area contributed by atoms with Gasteiger partial charge in [-0.25, -0.2) is 0 Å². The minimum absolute atomic E-state index is 0.0419. The molecule has 0 aliphatic carbocycles. The number of ether oxygens (including phenoxy) is 1. The molecule has 0 bridgehead atoms. The van der Waals surface area contributed by atoms with Crippen LogP contribution in [0.3, 0.4) is 0 Å². The van der Waals surface area contributed by atoms with Gasteiger partial charge in [-0.15, -0.1) is 0 Å². The van der Waals surface area contributed by atoms with Gasteiger partial charge in [-0.2, -0.15) is 0 Å². The van der Waals surface area contributed by atoms with E-state index in [-0.39, 0.29) is 27.1 Å². The van der Waals surface area contributed by atoms with Crippen LogP contribution in [-0.4, -0.2) is 66.5 Å². The molecule has 6 nitrogen and oxygen atoms in total. The fraction of sp³-hybridized carbons (Fsp3) is 1.00. The quantitative estimate of drug-likeness (QED) is 0.540. The summed E-state index contributed by atoms with van der Waals surface area (Å²) in [5, 5.41) is 0.0419. The van der Waals surface area contributed by atoms with E-state index >= 15 is 0 Å². The van der Waals surface area contributed by atoms with Crippen molar-refractivity contribution in [2.24, 2.45) is 0 Å². The highest BCUT2D eigenvalue weighted by Crippen LogP contribution is 2.53. The SMILES string of the molecule is [B][C@@H]1OC2(COP(C)(=O)OC2)[C@H](OPC)C1O[Si](C)(C)C(C)(C)C. The Morgan fingerprint density at radius 2 is 1.83 bits per heavy atom. The summed E-state index contributed by atoms with van der Waals surface area (Å²) >= 11 is 0. The summed E-state index contributed by atoms with van der Waals surface area (Å²) in [5.74, 6) is 0. The zero-order chi connectivity index (χ0) is 18.4. The summed E-state index contributed by atoms with van der Waals surface area (Å²) in [4.78, 5) is 0. The van der Waals surface area contributed by atoms with Crippen molar-refractivity contribution in [3.63, 3.8) is 0 Å². The number of hydrogen-bond donors (Lipinski definition) is 0. The highest BCUT2D eigenvalue weighted by Gasteiger charge is 2.59. The first-order chi connectivity index (χ1) is 10.8. The van der Waals surface area contributed by atoms with E-state index in [2.05, 4.69) is 33.9 Å². The second-order valence-corrected chi connectivity index (χ2v) is 15.5. The van der Waals surface area contributed by atoms with E-state index in [9.17, 15) is 4.57 Å². The molecule has 0 aromatic carbocycles. The molecule has 10 heteroatoms. The van der Waals surface area contributed by atoms with Gasteiger partial charge >= 0.3 is 7.60 Å². The second kappa shape index (κ2) is 7.05. The molecule has 138 valence electrons. The molecule has 1 spiro atoms. The number of rotatable bonds is 4. The maximum absolute atomic E-state index is 12.0. The van der Waals surface area contributed by atoms with Gasteiger partial charge in [-0.05, 0) is 24.8 Å². The summed E-state index contributed by atoms with van der Waals surface area (Å²) < 4.78 is 41.3. The summed E-state index contributed by atoms with van der Waals surface area (Å²) in [6, 6.07) is -0.637. The van der Waals surface area contributed by atoms with Gasteiger partial charge in [0.15, 0.2) is 8.32 Å². The topological polar surface area (TPSA) is 63.2 Å². The Balaban J connectivity index is 2.24. The molecule has 0 aromatic rings. The molecule has 2 aliphatic rings. The van der Waals surface area contributed by atoms with E-state index in [1.165, 1.54) is 6.66 Å². The van der Waals surface area contributed by atoms with E-state index < -0.39 is 39.7 Å². The predicted octanol–water partition coefficient (Wildman–Crippen LogP) is 3.12. The molecule has 0 aromatic heterocycles. The zero-order valence-corrected chi connectivity index (χ0v) is 18.5. The van der Waals surface area contributed by atoms with Crippen molar-refractivity contribution in [1.29, 1.82) is 0 Å². The Bertz CT molecular complexity index is 500. The fourth-order valence-corrected chi connectivity index (χ4v) is 5.46. The third-order valence-electron chi connectivity index (χ3n) is 5.08. The molecule has 0 saturated carbocycles. The summed E-state index contributed by atoms with van der Waals surface area (Å²) in [5.41, 5.74) is -0.876. The lowest BCUT2D eigenvalue weighted by Crippen LogP contribution is -2.55. The first kappa shape index (κ1) is 21.0. The first-order valence-corrected chi connectivity index (χ1v) is 14.4. The molecule has 2 heterocycles. The second-order valence-electron chi connectivity index (χ2n) is 8.05. The maximum atomic E-state index is 12.0. The van der Waals surface area contributed by atoms with E-state index in [0.717, 1.165) is 0 Å². The van der Waals surface area contributed by atoms with Crippen LogP contribution in [0, 0.1) is 0 Å². The third kappa shape index (κ3) is 4.18. The van der Waals surface area contributed by atoms with Crippen LogP contribution in [0.4, 0.5) is 0 Å². The summed E-state index contributed by atoms with van der Waals surface area (Å²) in [7, 11) is 1.40. The maximum Gasteiger partial charge on any atom is 0.327 e. The lowest BCUT2D eigenvalue weighted by Gasteiger charge is -2.42. The van der Waals surface area contributed by atoms with Crippen LogP contribution in [0.25, 0.3) is 0 Å². The van der Waals surface area contributed by atoms with Crippen LogP contribution in [0.2, 0.25) is 18.1 Å². The summed E-state index contributed by atoms with van der Waals surface area (Å²) in [6.45, 7) is 14.5. The van der Waals surface area contributed by atoms with Crippen LogP contribution < -0.4 is 0 Å². The molecule has 2 rings (SSSR count). The average molecular weight is 394 g/mol. The van der Waals surface area contributed by atoms with Crippen molar-refractivity contribution in [2.45, 2.75) is 62.7 Å². The van der Waals surface area contributed by atoms with Gasteiger partial charge in [-0.3, -0.25) is 4.57 Å². The predicted molar refractivity (Wildman–Crippen MR) is 100.0 cm³/mol. The molecular weight excluding hydrogens is 365 g/mol. The average Bonchev–Trinajstić information content (AvgIpc) is 2.67. The van der Waals surface area contributed by atoms with Gasteiger partial charge in [0.2, 0.25) is 0 Å². The standard InChI is InChI=1S/C14H29BO6P2Si/c1-13(2,3)24(6,7)21-10-11(20-22-4)14(19-12(10)15)8-17-23(5,16)18-9-14/h10-12,22H,8-9H2,1-7H3/t10?,11-,12-,14?,23?/m1/s1. The van der Waals surface area contributed by atoms with Gasteiger partial charge in [0.1, 0.15) is 19.6 Å². The van der Waals surface area contributed by atoms with Crippen molar-refractivity contribution >= 4 is 32.6 Å². The Hall–Kier alpha value is 0.742. The molecular formula is C14H29BO6P2Si. The zero-order valence-electron chi connectivity index (χ0n) is 15.6. The van der Waals surface area contributed by atoms with Crippen LogP contribution in [0.1, 0.15) is 20.8 Å². The molecule has 24 heavy (non-hydrogen) atoms. The van der Waals surface area contributed by atoms with E-state index in [4.69, 9.17) is 30.6 Å². The van der Waals surface area contributed by atoms with Gasteiger partial charge < -0.3 is 22.7 Å². The molecule has 0 amide bonds. The molecule has 2 saturated heterocycles. The van der Waals surface area contributed by atoms with E-state index in [1.54, 1.807) is 0 Å². The van der Waals surface area contributed by atoms with Crippen molar-refractivity contribution in [3.8, 4) is 0 Å². The summed E-state index contributed by atoms with van der Waals surface area (Å²) in [6.07, 6.45) is -0.815. The molecule has 2 radical (unpaired) electrons.